The Labute approximate surface area is 157 Å². The lowest BCUT2D eigenvalue weighted by Gasteiger charge is -2.14. The Bertz CT molecular complexity index is 784. The molecule has 0 bridgehead atoms. The molecule has 0 N–H and O–H groups in total. The Kier molecular flexibility index (Phi) is 5.82. The Balaban J connectivity index is 1.66. The molecule has 0 atom stereocenters. The Morgan fingerprint density at radius 2 is 1.04 bits per heavy atom. The van der Waals surface area contributed by atoms with E-state index >= 15 is 0 Å². The Morgan fingerprint density at radius 3 is 1.52 bits per heavy atom. The second-order valence-corrected chi connectivity index (χ2v) is 14.4. The first-order valence-electron chi connectivity index (χ1n) is 8.90. The van der Waals surface area contributed by atoms with Gasteiger partial charge in [-0.05, 0) is 46.2 Å². The predicted molar refractivity (Wildman–Crippen MR) is 116 cm³/mol. The molecule has 3 aromatic carbocycles. The molecule has 0 aliphatic rings. The van der Waals surface area contributed by atoms with Crippen molar-refractivity contribution in [3.63, 3.8) is 0 Å². The lowest BCUT2D eigenvalue weighted by atomic mass is 10.0. The fourth-order valence-electron chi connectivity index (χ4n) is 2.70. The van der Waals surface area contributed by atoms with E-state index in [0.29, 0.717) is 0 Å². The summed E-state index contributed by atoms with van der Waals surface area (Å²) in [5.41, 5.74) is 5.10. The van der Waals surface area contributed by atoms with Crippen molar-refractivity contribution in [3.05, 3.63) is 78.9 Å². The number of benzene rings is 3. The summed E-state index contributed by atoms with van der Waals surface area (Å²) >= 11 is 1.99. The third-order valence-corrected chi connectivity index (χ3v) is 7.43. The summed E-state index contributed by atoms with van der Waals surface area (Å²) in [7, 11) is -0.929. The summed E-state index contributed by atoms with van der Waals surface area (Å²) in [4.78, 5) is 1.38. The molecule has 0 fully saturated rings. The van der Waals surface area contributed by atoms with Crippen molar-refractivity contribution in [1.82, 2.24) is 0 Å². The van der Waals surface area contributed by atoms with Crippen LogP contribution in [0.2, 0.25) is 25.7 Å². The third-order valence-electron chi connectivity index (χ3n) is 4.30. The maximum atomic E-state index is 2.44. The van der Waals surface area contributed by atoms with Gasteiger partial charge in [-0.3, -0.25) is 0 Å². The zero-order chi connectivity index (χ0) is 17.7. The van der Waals surface area contributed by atoms with Crippen LogP contribution in [0.4, 0.5) is 0 Å². The van der Waals surface area contributed by atoms with E-state index in [-0.39, 0.29) is 0 Å². The zero-order valence-electron chi connectivity index (χ0n) is 15.3. The fourth-order valence-corrected chi connectivity index (χ4v) is 6.13. The van der Waals surface area contributed by atoms with Crippen molar-refractivity contribution >= 4 is 19.8 Å². The minimum atomic E-state index is -0.929. The molecule has 0 aromatic heterocycles. The fraction of sp³-hybridized carbons (Fsp3) is 0.217. The summed E-state index contributed by atoms with van der Waals surface area (Å²) in [5.74, 6) is 1.24. The number of hydrogen-bond acceptors (Lipinski definition) is 1. The lowest BCUT2D eigenvalue weighted by Crippen LogP contribution is -2.19. The van der Waals surface area contributed by atoms with E-state index < -0.39 is 8.07 Å². The highest BCUT2D eigenvalue weighted by atomic mass is 32.2. The minimum absolute atomic E-state index is 0.929. The molecule has 25 heavy (non-hydrogen) atoms. The van der Waals surface area contributed by atoms with Crippen molar-refractivity contribution in [2.45, 2.75) is 30.6 Å². The van der Waals surface area contributed by atoms with Gasteiger partial charge in [0.25, 0.3) is 0 Å². The molecule has 0 saturated heterocycles. The van der Waals surface area contributed by atoms with E-state index in [1.807, 2.05) is 11.8 Å². The van der Waals surface area contributed by atoms with Gasteiger partial charge in [-0.15, -0.1) is 11.8 Å². The third kappa shape index (κ3) is 5.35. The van der Waals surface area contributed by atoms with Gasteiger partial charge in [-0.25, -0.2) is 0 Å². The van der Waals surface area contributed by atoms with Gasteiger partial charge in [-0.2, -0.15) is 0 Å². The monoisotopic (exact) mass is 362 g/mol. The molecule has 0 nitrogen and oxygen atoms in total. The molecule has 3 aromatic rings. The van der Waals surface area contributed by atoms with Crippen molar-refractivity contribution < 1.29 is 0 Å². The average molecular weight is 363 g/mol. The molecule has 128 valence electrons. The van der Waals surface area contributed by atoms with Crippen LogP contribution in [-0.2, 0) is 0 Å². The van der Waals surface area contributed by atoms with Gasteiger partial charge in [0, 0.05) is 13.0 Å². The summed E-state index contributed by atoms with van der Waals surface area (Å²) < 4.78 is 0. The molecular weight excluding hydrogens is 336 g/mol. The van der Waals surface area contributed by atoms with Gasteiger partial charge in [0.1, 0.15) is 0 Å². The number of hydrogen-bond donors (Lipinski definition) is 0. The molecule has 0 amide bonds. The molecule has 0 unspecified atom stereocenters. The van der Waals surface area contributed by atoms with E-state index in [2.05, 4.69) is 98.5 Å². The van der Waals surface area contributed by atoms with Crippen molar-refractivity contribution in [2.75, 3.05) is 5.75 Å². The van der Waals surface area contributed by atoms with Gasteiger partial charge in [0.05, 0.1) is 0 Å². The SMILES string of the molecule is C[Si](C)(C)CCSc1ccc(-c2ccc(-c3ccccc3)cc2)cc1. The Morgan fingerprint density at radius 1 is 0.600 bits per heavy atom. The van der Waals surface area contributed by atoms with E-state index in [4.69, 9.17) is 0 Å². The predicted octanol–water partition coefficient (Wildman–Crippen LogP) is 7.45. The zero-order valence-corrected chi connectivity index (χ0v) is 17.1. The molecule has 0 aliphatic carbocycles. The summed E-state index contributed by atoms with van der Waals surface area (Å²) in [6.07, 6.45) is 0. The van der Waals surface area contributed by atoms with Crippen LogP contribution in [0.15, 0.2) is 83.8 Å². The molecule has 0 saturated carbocycles. The van der Waals surface area contributed by atoms with Crippen LogP contribution >= 0.6 is 11.8 Å². The highest BCUT2D eigenvalue weighted by Gasteiger charge is 2.12. The van der Waals surface area contributed by atoms with E-state index in [0.717, 1.165) is 0 Å². The van der Waals surface area contributed by atoms with E-state index in [1.165, 1.54) is 38.9 Å². The molecule has 0 aliphatic heterocycles. The first-order valence-corrected chi connectivity index (χ1v) is 13.6. The number of thioether (sulfide) groups is 1. The number of rotatable bonds is 6. The summed E-state index contributed by atoms with van der Waals surface area (Å²) in [5, 5.41) is 0. The highest BCUT2D eigenvalue weighted by Crippen LogP contribution is 2.28. The Hall–Kier alpha value is -1.77. The van der Waals surface area contributed by atoms with Crippen LogP contribution in [0.25, 0.3) is 22.3 Å². The van der Waals surface area contributed by atoms with Crippen LogP contribution in [0.3, 0.4) is 0 Å². The first-order chi connectivity index (χ1) is 12.0. The average Bonchev–Trinajstić information content (AvgIpc) is 2.62. The van der Waals surface area contributed by atoms with Gasteiger partial charge >= 0.3 is 0 Å². The van der Waals surface area contributed by atoms with Crippen molar-refractivity contribution in [1.29, 1.82) is 0 Å². The smallest absolute Gasteiger partial charge is 0.0450 e. The standard InChI is InChI=1S/C23H26SSi/c1-25(2,3)18-17-24-23-15-13-22(14-16-23)21-11-9-20(10-12-21)19-7-5-4-6-8-19/h4-16H,17-18H2,1-3H3. The van der Waals surface area contributed by atoms with Crippen molar-refractivity contribution in [2.24, 2.45) is 0 Å². The molecule has 0 radical (unpaired) electrons. The van der Waals surface area contributed by atoms with Crippen molar-refractivity contribution in [3.8, 4) is 22.3 Å². The van der Waals surface area contributed by atoms with E-state index in [1.54, 1.807) is 0 Å². The minimum Gasteiger partial charge on any atom is -0.126 e. The quantitative estimate of drug-likeness (QED) is 0.324. The van der Waals surface area contributed by atoms with Crippen LogP contribution in [-0.4, -0.2) is 13.8 Å². The molecular formula is C23H26SSi. The largest absolute Gasteiger partial charge is 0.126 e. The molecule has 0 heterocycles. The van der Waals surface area contributed by atoms with Crippen LogP contribution in [0.5, 0.6) is 0 Å². The lowest BCUT2D eigenvalue weighted by molar-refractivity contribution is 1.35. The van der Waals surface area contributed by atoms with Gasteiger partial charge in [0.2, 0.25) is 0 Å². The highest BCUT2D eigenvalue weighted by molar-refractivity contribution is 7.99. The normalized spacial score (nSPS) is 11.5. The second kappa shape index (κ2) is 8.07. The van der Waals surface area contributed by atoms with Crippen LogP contribution < -0.4 is 0 Å². The van der Waals surface area contributed by atoms with Crippen LogP contribution in [0.1, 0.15) is 0 Å². The summed E-state index contributed by atoms with van der Waals surface area (Å²) in [6, 6.07) is 29.8. The molecule has 2 heteroatoms. The molecule has 3 rings (SSSR count). The van der Waals surface area contributed by atoms with Gasteiger partial charge in [0.15, 0.2) is 0 Å². The van der Waals surface area contributed by atoms with Gasteiger partial charge in [-0.1, -0.05) is 86.4 Å². The second-order valence-electron chi connectivity index (χ2n) is 7.63. The molecule has 0 spiro atoms. The topological polar surface area (TPSA) is 0 Å². The van der Waals surface area contributed by atoms with Crippen LogP contribution in [0, 0.1) is 0 Å². The summed E-state index contributed by atoms with van der Waals surface area (Å²) in [6.45, 7) is 7.32. The maximum absolute atomic E-state index is 2.44. The van der Waals surface area contributed by atoms with E-state index in [9.17, 15) is 0 Å². The maximum Gasteiger partial charge on any atom is 0.0450 e. The van der Waals surface area contributed by atoms with Gasteiger partial charge < -0.3 is 0 Å². The first kappa shape index (κ1) is 18.0.